The van der Waals surface area contributed by atoms with Gasteiger partial charge in [0.15, 0.2) is 0 Å². The first-order valence-electron chi connectivity index (χ1n) is 3.22. The normalized spacial score (nSPS) is 13.0. The van der Waals surface area contributed by atoms with Crippen LogP contribution in [0, 0.1) is 0 Å². The number of halogens is 2. The molecule has 12 heavy (non-hydrogen) atoms. The number of hydrogen-bond acceptors (Lipinski definition) is 4. The maximum absolute atomic E-state index is 11.7. The second kappa shape index (κ2) is 8.59. The van der Waals surface area contributed by atoms with Gasteiger partial charge in [-0.25, -0.2) is 0 Å². The van der Waals surface area contributed by atoms with Crippen LogP contribution < -0.4 is 0 Å². The molecule has 0 N–H and O–H groups in total. The van der Waals surface area contributed by atoms with Gasteiger partial charge >= 0.3 is 0 Å². The molecule has 0 rings (SSSR count). The number of thiol groups is 2. The highest BCUT2D eigenvalue weighted by Crippen LogP contribution is 2.32. The van der Waals surface area contributed by atoms with Crippen LogP contribution in [0.5, 0.6) is 0 Å². The number of thioether (sulfide) groups is 2. The summed E-state index contributed by atoms with van der Waals surface area (Å²) in [6.07, 6.45) is 0. The smallest absolute Gasteiger partial charge is 0.0988 e. The van der Waals surface area contributed by atoms with Gasteiger partial charge in [-0.1, -0.05) is 0 Å². The first-order chi connectivity index (χ1) is 5.72. The molecule has 0 aromatic heterocycles. The van der Waals surface area contributed by atoms with Gasteiger partial charge in [0, 0.05) is 11.5 Å². The van der Waals surface area contributed by atoms with E-state index in [4.69, 9.17) is 0 Å². The number of alkyl halides is 2. The molecule has 6 heteroatoms. The highest BCUT2D eigenvalue weighted by atomic mass is 32.2. The SMILES string of the molecule is FCCSC(S)=C(S)SCCF. The van der Waals surface area contributed by atoms with Crippen molar-refractivity contribution in [2.45, 2.75) is 0 Å². The second-order valence-electron chi connectivity index (χ2n) is 1.69. The van der Waals surface area contributed by atoms with Crippen LogP contribution in [0.15, 0.2) is 8.47 Å². The third-order valence-corrected chi connectivity index (χ3v) is 4.32. The topological polar surface area (TPSA) is 0 Å². The monoisotopic (exact) mass is 248 g/mol. The number of rotatable bonds is 6. The largest absolute Gasteiger partial charge is 0.250 e. The first-order valence-corrected chi connectivity index (χ1v) is 6.08. The first kappa shape index (κ1) is 13.0. The second-order valence-corrected chi connectivity index (χ2v) is 5.40. The van der Waals surface area contributed by atoms with E-state index in [1.54, 1.807) is 0 Å². The lowest BCUT2D eigenvalue weighted by Crippen LogP contribution is -1.82. The van der Waals surface area contributed by atoms with Gasteiger partial charge < -0.3 is 0 Å². The van der Waals surface area contributed by atoms with Crippen molar-refractivity contribution in [2.75, 3.05) is 24.9 Å². The average Bonchev–Trinajstić information content (AvgIpc) is 2.10. The van der Waals surface area contributed by atoms with Crippen LogP contribution in [0.4, 0.5) is 8.78 Å². The molecule has 0 saturated carbocycles. The zero-order chi connectivity index (χ0) is 9.40. The molecule has 0 radical (unpaired) electrons. The van der Waals surface area contributed by atoms with Crippen LogP contribution in [0.2, 0.25) is 0 Å². The standard InChI is InChI=1S/C6H10F2S4/c7-1-3-11-5(9)6(10)12-4-2-8/h9-10H,1-4H2. The van der Waals surface area contributed by atoms with E-state index in [0.717, 1.165) is 0 Å². The van der Waals surface area contributed by atoms with E-state index in [9.17, 15) is 8.78 Å². The minimum atomic E-state index is -0.385. The lowest BCUT2D eigenvalue weighted by atomic mass is 10.9. The van der Waals surface area contributed by atoms with E-state index in [1.807, 2.05) is 0 Å². The van der Waals surface area contributed by atoms with Crippen LogP contribution in [-0.4, -0.2) is 24.9 Å². The predicted octanol–water partition coefficient (Wildman–Crippen LogP) is 3.38. The van der Waals surface area contributed by atoms with E-state index in [-0.39, 0.29) is 13.3 Å². The Bertz CT molecular complexity index is 132. The molecule has 0 unspecified atom stereocenters. The summed E-state index contributed by atoms with van der Waals surface area (Å²) >= 11 is 10.7. The van der Waals surface area contributed by atoms with Gasteiger partial charge in [-0.05, 0) is 0 Å². The van der Waals surface area contributed by atoms with Crippen LogP contribution in [0.3, 0.4) is 0 Å². The Morgan fingerprint density at radius 2 is 1.25 bits per heavy atom. The minimum Gasteiger partial charge on any atom is -0.250 e. The quantitative estimate of drug-likeness (QED) is 0.692. The van der Waals surface area contributed by atoms with Crippen LogP contribution in [0.1, 0.15) is 0 Å². The Morgan fingerprint density at radius 3 is 1.50 bits per heavy atom. The van der Waals surface area contributed by atoms with E-state index < -0.39 is 0 Å². The molecule has 0 aliphatic heterocycles. The zero-order valence-corrected chi connectivity index (χ0v) is 9.72. The Morgan fingerprint density at radius 1 is 0.917 bits per heavy atom. The molecule has 0 aromatic rings. The fraction of sp³-hybridized carbons (Fsp3) is 0.667. The molecule has 72 valence electrons. The van der Waals surface area contributed by atoms with Crippen LogP contribution >= 0.6 is 48.8 Å². The fourth-order valence-electron chi connectivity index (χ4n) is 0.394. The van der Waals surface area contributed by atoms with E-state index in [2.05, 4.69) is 25.3 Å². The molecule has 0 aliphatic rings. The van der Waals surface area contributed by atoms with Crippen molar-refractivity contribution in [2.24, 2.45) is 0 Å². The highest BCUT2D eigenvalue weighted by molar-refractivity contribution is 8.21. The summed E-state index contributed by atoms with van der Waals surface area (Å²) in [5.74, 6) is 0.748. The van der Waals surface area contributed by atoms with E-state index in [1.165, 1.54) is 23.5 Å². The highest BCUT2D eigenvalue weighted by Gasteiger charge is 2.00. The lowest BCUT2D eigenvalue weighted by molar-refractivity contribution is 0.532. The molecule has 0 amide bonds. The summed E-state index contributed by atoms with van der Waals surface area (Å²) in [5, 5.41) is 0. The van der Waals surface area contributed by atoms with Gasteiger partial charge in [0.05, 0.1) is 21.8 Å². The summed E-state index contributed by atoms with van der Waals surface area (Å²) in [6.45, 7) is -0.771. The summed E-state index contributed by atoms with van der Waals surface area (Å²) in [6, 6.07) is 0. The van der Waals surface area contributed by atoms with Crippen LogP contribution in [0.25, 0.3) is 0 Å². The maximum Gasteiger partial charge on any atom is 0.0988 e. The lowest BCUT2D eigenvalue weighted by Gasteiger charge is -2.02. The van der Waals surface area contributed by atoms with Crippen molar-refractivity contribution in [1.82, 2.24) is 0 Å². The summed E-state index contributed by atoms with van der Waals surface area (Å²) in [5.41, 5.74) is 0. The molecular weight excluding hydrogens is 238 g/mol. The third-order valence-electron chi connectivity index (χ3n) is 0.815. The Labute approximate surface area is 90.8 Å². The van der Waals surface area contributed by atoms with Crippen molar-refractivity contribution in [3.8, 4) is 0 Å². The molecular formula is C6H10F2S4. The van der Waals surface area contributed by atoms with Gasteiger partial charge in [-0.15, -0.1) is 48.8 Å². The molecule has 0 bridgehead atoms. The van der Waals surface area contributed by atoms with Crippen molar-refractivity contribution in [1.29, 1.82) is 0 Å². The zero-order valence-electron chi connectivity index (χ0n) is 6.30. The molecule has 0 atom stereocenters. The molecule has 0 heterocycles. The molecule has 0 aliphatic carbocycles. The summed E-state index contributed by atoms with van der Waals surface area (Å²) in [4.78, 5) is 0. The Balaban J connectivity index is 3.72. The molecule has 0 saturated heterocycles. The molecule has 0 aromatic carbocycles. The Kier molecular flexibility index (Phi) is 9.31. The third kappa shape index (κ3) is 6.51. The Hall–Kier alpha value is 1.000. The summed E-state index contributed by atoms with van der Waals surface area (Å²) < 4.78 is 24.7. The minimum absolute atomic E-state index is 0.374. The van der Waals surface area contributed by atoms with Crippen molar-refractivity contribution < 1.29 is 8.78 Å². The van der Waals surface area contributed by atoms with Crippen molar-refractivity contribution in [3.05, 3.63) is 8.47 Å². The fourth-order valence-corrected chi connectivity index (χ4v) is 2.47. The molecule has 0 fully saturated rings. The van der Waals surface area contributed by atoms with Crippen molar-refractivity contribution >= 4 is 48.8 Å². The van der Waals surface area contributed by atoms with E-state index in [0.29, 0.717) is 20.0 Å². The average molecular weight is 248 g/mol. The predicted molar refractivity (Wildman–Crippen MR) is 61.9 cm³/mol. The van der Waals surface area contributed by atoms with Gasteiger partial charge in [-0.2, -0.15) is 0 Å². The van der Waals surface area contributed by atoms with Gasteiger partial charge in [0.2, 0.25) is 0 Å². The molecule has 0 nitrogen and oxygen atoms in total. The van der Waals surface area contributed by atoms with Gasteiger partial charge in [0.25, 0.3) is 0 Å². The van der Waals surface area contributed by atoms with Crippen molar-refractivity contribution in [3.63, 3.8) is 0 Å². The number of hydrogen-bond donors (Lipinski definition) is 2. The van der Waals surface area contributed by atoms with E-state index >= 15 is 0 Å². The van der Waals surface area contributed by atoms with Crippen LogP contribution in [-0.2, 0) is 0 Å². The maximum atomic E-state index is 11.7. The summed E-state index contributed by atoms with van der Waals surface area (Å²) in [7, 11) is 0. The molecule has 0 spiro atoms. The van der Waals surface area contributed by atoms with Gasteiger partial charge in [0.1, 0.15) is 0 Å². The van der Waals surface area contributed by atoms with Gasteiger partial charge in [-0.3, -0.25) is 8.78 Å².